The molecule has 2 N–H and O–H groups in total. The fourth-order valence-corrected chi connectivity index (χ4v) is 0.868. The molecule has 0 aromatic rings. The highest BCUT2D eigenvalue weighted by Gasteiger charge is 2.16. The van der Waals surface area contributed by atoms with Gasteiger partial charge >= 0.3 is 0 Å². The highest BCUT2D eigenvalue weighted by molar-refractivity contribution is 5.78. The van der Waals surface area contributed by atoms with Crippen LogP contribution in [0.3, 0.4) is 0 Å². The average molecular weight is 196 g/mol. The van der Waals surface area contributed by atoms with Crippen molar-refractivity contribution in [2.45, 2.75) is 6.43 Å². The second kappa shape index (κ2) is 6.73. The second-order valence-corrected chi connectivity index (χ2v) is 2.48. The quantitative estimate of drug-likeness (QED) is 0.590. The maximum atomic E-state index is 11.9. The zero-order valence-electron chi connectivity index (χ0n) is 7.46. The highest BCUT2D eigenvalue weighted by atomic mass is 19.3. The predicted molar refractivity (Wildman–Crippen MR) is 43.6 cm³/mol. The maximum Gasteiger partial charge on any atom is 0.255 e. The minimum atomic E-state index is -2.56. The zero-order chi connectivity index (χ0) is 10.3. The Kier molecular flexibility index (Phi) is 6.34. The summed E-state index contributed by atoms with van der Waals surface area (Å²) in [5, 5.41) is 11.1. The van der Waals surface area contributed by atoms with Gasteiger partial charge in [-0.05, 0) is 7.05 Å². The van der Waals surface area contributed by atoms with Gasteiger partial charge in [0.2, 0.25) is 5.91 Å². The summed E-state index contributed by atoms with van der Waals surface area (Å²) in [7, 11) is 1.55. The fraction of sp³-hybridized carbons (Fsp3) is 0.857. The van der Waals surface area contributed by atoms with Gasteiger partial charge in [-0.2, -0.15) is 0 Å². The summed E-state index contributed by atoms with van der Waals surface area (Å²) in [5.74, 6) is -0.433. The summed E-state index contributed by atoms with van der Waals surface area (Å²) in [4.78, 5) is 12.0. The van der Waals surface area contributed by atoms with Crippen LogP contribution in [0.15, 0.2) is 0 Å². The van der Waals surface area contributed by atoms with Crippen molar-refractivity contribution in [3.8, 4) is 0 Å². The lowest BCUT2D eigenvalue weighted by molar-refractivity contribution is -0.132. The van der Waals surface area contributed by atoms with Crippen molar-refractivity contribution in [2.75, 3.05) is 33.3 Å². The molecule has 0 aromatic heterocycles. The Labute approximate surface area is 75.5 Å². The van der Waals surface area contributed by atoms with Crippen molar-refractivity contribution in [3.05, 3.63) is 0 Å². The lowest BCUT2D eigenvalue weighted by Crippen LogP contribution is -2.41. The summed E-state index contributed by atoms with van der Waals surface area (Å²) in [6.07, 6.45) is -2.56. The van der Waals surface area contributed by atoms with E-state index in [0.717, 1.165) is 4.90 Å². The highest BCUT2D eigenvalue weighted by Crippen LogP contribution is 1.98. The number of carbonyl (C=O) groups excluding carboxylic acids is 1. The number of carbonyl (C=O) groups is 1. The number of aliphatic hydroxyl groups is 1. The number of likely N-dealkylation sites (N-methyl/N-ethyl adjacent to an activating group) is 1. The first kappa shape index (κ1) is 12.2. The molecular formula is C7H14F2N2O2. The summed E-state index contributed by atoms with van der Waals surface area (Å²) < 4.78 is 23.8. The van der Waals surface area contributed by atoms with E-state index in [1.54, 1.807) is 7.05 Å². The van der Waals surface area contributed by atoms with Crippen molar-refractivity contribution in [3.63, 3.8) is 0 Å². The van der Waals surface area contributed by atoms with Gasteiger partial charge < -0.3 is 15.3 Å². The van der Waals surface area contributed by atoms with Crippen LogP contribution >= 0.6 is 0 Å². The molecule has 1 amide bonds. The van der Waals surface area contributed by atoms with E-state index in [9.17, 15) is 13.6 Å². The van der Waals surface area contributed by atoms with Gasteiger partial charge in [-0.1, -0.05) is 0 Å². The summed E-state index contributed by atoms with van der Waals surface area (Å²) in [6.45, 7) is -0.971. The predicted octanol–water partition coefficient (Wildman–Crippen LogP) is -0.708. The Morgan fingerprint density at radius 2 is 2.23 bits per heavy atom. The van der Waals surface area contributed by atoms with E-state index in [2.05, 4.69) is 5.32 Å². The standard InChI is InChI=1S/C7H14F2N2O2/c1-10-4-7(13)11(2-3-12)5-6(8)9/h6,10,12H,2-5H2,1H3. The number of hydrogen-bond acceptors (Lipinski definition) is 3. The van der Waals surface area contributed by atoms with E-state index in [1.807, 2.05) is 0 Å². The van der Waals surface area contributed by atoms with Crippen molar-refractivity contribution < 1.29 is 18.7 Å². The number of rotatable bonds is 6. The molecule has 0 saturated carbocycles. The number of halogens is 2. The number of amides is 1. The molecule has 0 spiro atoms. The third kappa shape index (κ3) is 5.48. The van der Waals surface area contributed by atoms with E-state index in [-0.39, 0.29) is 19.7 Å². The second-order valence-electron chi connectivity index (χ2n) is 2.48. The van der Waals surface area contributed by atoms with Crippen molar-refractivity contribution >= 4 is 5.91 Å². The summed E-state index contributed by atoms with van der Waals surface area (Å²) in [5.41, 5.74) is 0. The first-order valence-electron chi connectivity index (χ1n) is 3.93. The van der Waals surface area contributed by atoms with E-state index in [4.69, 9.17) is 5.11 Å². The molecule has 78 valence electrons. The van der Waals surface area contributed by atoms with Crippen LogP contribution < -0.4 is 5.32 Å². The third-order valence-corrected chi connectivity index (χ3v) is 1.41. The molecule has 0 fully saturated rings. The Hall–Kier alpha value is -0.750. The minimum Gasteiger partial charge on any atom is -0.395 e. The third-order valence-electron chi connectivity index (χ3n) is 1.41. The van der Waals surface area contributed by atoms with Crippen molar-refractivity contribution in [2.24, 2.45) is 0 Å². The molecule has 0 bridgehead atoms. The molecule has 6 heteroatoms. The van der Waals surface area contributed by atoms with E-state index in [1.165, 1.54) is 0 Å². The van der Waals surface area contributed by atoms with Crippen LogP contribution in [0, 0.1) is 0 Å². The topological polar surface area (TPSA) is 52.6 Å². The first-order valence-corrected chi connectivity index (χ1v) is 3.93. The lowest BCUT2D eigenvalue weighted by atomic mass is 10.4. The molecule has 13 heavy (non-hydrogen) atoms. The van der Waals surface area contributed by atoms with Crippen LogP contribution in [-0.4, -0.2) is 55.6 Å². The van der Waals surface area contributed by atoms with Crippen molar-refractivity contribution in [1.29, 1.82) is 0 Å². The molecule has 0 rings (SSSR count). The van der Waals surface area contributed by atoms with E-state index in [0.29, 0.717) is 0 Å². The molecular weight excluding hydrogens is 182 g/mol. The molecule has 0 radical (unpaired) electrons. The normalized spacial score (nSPS) is 10.5. The first-order chi connectivity index (χ1) is 6.11. The van der Waals surface area contributed by atoms with Gasteiger partial charge in [-0.25, -0.2) is 8.78 Å². The number of nitrogens with one attached hydrogen (secondary N) is 1. The van der Waals surface area contributed by atoms with E-state index < -0.39 is 18.9 Å². The number of aliphatic hydroxyl groups excluding tert-OH is 1. The minimum absolute atomic E-state index is 0.00667. The Balaban J connectivity index is 3.98. The largest absolute Gasteiger partial charge is 0.395 e. The van der Waals surface area contributed by atoms with Gasteiger partial charge in [0, 0.05) is 6.54 Å². The van der Waals surface area contributed by atoms with Gasteiger partial charge in [-0.3, -0.25) is 4.79 Å². The lowest BCUT2D eigenvalue weighted by Gasteiger charge is -2.20. The Morgan fingerprint density at radius 1 is 1.62 bits per heavy atom. The van der Waals surface area contributed by atoms with Gasteiger partial charge in [-0.15, -0.1) is 0 Å². The molecule has 0 aliphatic heterocycles. The van der Waals surface area contributed by atoms with Gasteiger partial charge in [0.1, 0.15) is 0 Å². The van der Waals surface area contributed by atoms with Crippen LogP contribution in [0.4, 0.5) is 8.78 Å². The van der Waals surface area contributed by atoms with Gasteiger partial charge in [0.05, 0.1) is 19.7 Å². The zero-order valence-corrected chi connectivity index (χ0v) is 7.46. The van der Waals surface area contributed by atoms with Crippen LogP contribution in [0.5, 0.6) is 0 Å². The fourth-order valence-electron chi connectivity index (χ4n) is 0.868. The Bertz CT molecular complexity index is 155. The van der Waals surface area contributed by atoms with Crippen LogP contribution in [0.2, 0.25) is 0 Å². The van der Waals surface area contributed by atoms with Gasteiger partial charge in [0.25, 0.3) is 6.43 Å². The molecule has 0 unspecified atom stereocenters. The molecule has 0 aliphatic carbocycles. The summed E-state index contributed by atoms with van der Waals surface area (Å²) in [6, 6.07) is 0. The molecule has 0 aromatic carbocycles. The van der Waals surface area contributed by atoms with Crippen LogP contribution in [-0.2, 0) is 4.79 Å². The smallest absolute Gasteiger partial charge is 0.255 e. The van der Waals surface area contributed by atoms with Crippen LogP contribution in [0.25, 0.3) is 0 Å². The molecule has 0 atom stereocenters. The molecule has 0 heterocycles. The van der Waals surface area contributed by atoms with Gasteiger partial charge in [0.15, 0.2) is 0 Å². The molecule has 4 nitrogen and oxygen atoms in total. The average Bonchev–Trinajstić information content (AvgIpc) is 2.03. The molecule has 0 aliphatic rings. The molecule has 0 saturated heterocycles. The monoisotopic (exact) mass is 196 g/mol. The number of alkyl halides is 2. The van der Waals surface area contributed by atoms with E-state index >= 15 is 0 Å². The SMILES string of the molecule is CNCC(=O)N(CCO)CC(F)F. The number of hydrogen-bond donors (Lipinski definition) is 2. The van der Waals surface area contributed by atoms with Crippen molar-refractivity contribution in [1.82, 2.24) is 10.2 Å². The number of nitrogens with zero attached hydrogens (tertiary/aromatic N) is 1. The van der Waals surface area contributed by atoms with Crippen LogP contribution in [0.1, 0.15) is 0 Å². The summed E-state index contributed by atoms with van der Waals surface area (Å²) >= 11 is 0. The Morgan fingerprint density at radius 3 is 2.62 bits per heavy atom. The maximum absolute atomic E-state index is 11.9.